The first-order chi connectivity index (χ1) is 8.47. The predicted octanol–water partition coefficient (Wildman–Crippen LogP) is 2.70. The van der Waals surface area contributed by atoms with E-state index < -0.39 is 5.97 Å². The maximum atomic E-state index is 12.0. The van der Waals surface area contributed by atoms with E-state index in [1.807, 2.05) is 0 Å². The number of hydrogen-bond acceptors (Lipinski definition) is 2. The second-order valence-electron chi connectivity index (χ2n) is 4.30. The van der Waals surface area contributed by atoms with Crippen LogP contribution in [0.2, 0.25) is 5.02 Å². The zero-order chi connectivity index (χ0) is 13.3. The Kier molecular flexibility index (Phi) is 3.92. The van der Waals surface area contributed by atoms with Crippen molar-refractivity contribution in [2.24, 2.45) is 5.92 Å². The van der Waals surface area contributed by atoms with Gasteiger partial charge in [0.2, 0.25) is 0 Å². The Labute approximate surface area is 117 Å². The molecule has 18 heavy (non-hydrogen) atoms. The van der Waals surface area contributed by atoms with Crippen LogP contribution in [0.25, 0.3) is 0 Å². The van der Waals surface area contributed by atoms with E-state index in [4.69, 9.17) is 16.7 Å². The van der Waals surface area contributed by atoms with Crippen LogP contribution in [-0.2, 0) is 4.79 Å². The van der Waals surface area contributed by atoms with Gasteiger partial charge in [-0.1, -0.05) is 11.6 Å². The lowest BCUT2D eigenvalue weighted by atomic mass is 9.80. The van der Waals surface area contributed by atoms with Gasteiger partial charge in [-0.3, -0.25) is 9.59 Å². The molecule has 4 nitrogen and oxygen atoms in total. The normalized spacial score (nSPS) is 22.1. The highest BCUT2D eigenvalue weighted by Crippen LogP contribution is 2.28. The average molecular weight is 333 g/mol. The smallest absolute Gasteiger partial charge is 0.306 e. The lowest BCUT2D eigenvalue weighted by molar-refractivity contribution is -0.145. The van der Waals surface area contributed by atoms with Gasteiger partial charge >= 0.3 is 5.97 Å². The molecule has 1 saturated carbocycles. The highest BCUT2D eigenvalue weighted by atomic mass is 79.9. The van der Waals surface area contributed by atoms with Crippen LogP contribution in [0.4, 0.5) is 0 Å². The van der Waals surface area contributed by atoms with Crippen molar-refractivity contribution in [3.05, 3.63) is 33.3 Å². The number of carboxylic acid groups (broad SMARTS) is 1. The zero-order valence-corrected chi connectivity index (χ0v) is 11.7. The molecular formula is C12H11BrClNO3. The number of aliphatic carboxylic acids is 1. The molecule has 2 N–H and O–H groups in total. The van der Waals surface area contributed by atoms with Gasteiger partial charge in [-0.05, 0) is 47.0 Å². The predicted molar refractivity (Wildman–Crippen MR) is 70.8 cm³/mol. The van der Waals surface area contributed by atoms with E-state index >= 15 is 0 Å². The number of carbonyl (C=O) groups is 2. The number of hydrogen-bond donors (Lipinski definition) is 2. The molecule has 0 unspecified atom stereocenters. The third kappa shape index (κ3) is 2.84. The molecule has 0 atom stereocenters. The topological polar surface area (TPSA) is 66.4 Å². The van der Waals surface area contributed by atoms with E-state index in [9.17, 15) is 9.59 Å². The van der Waals surface area contributed by atoms with Crippen molar-refractivity contribution >= 4 is 39.4 Å². The Hall–Kier alpha value is -1.07. The number of nitrogens with one attached hydrogen (secondary N) is 1. The summed E-state index contributed by atoms with van der Waals surface area (Å²) in [5.41, 5.74) is 0.460. The van der Waals surface area contributed by atoms with Gasteiger partial charge in [0.1, 0.15) is 0 Å². The minimum absolute atomic E-state index is 0.0653. The molecular weight excluding hydrogens is 321 g/mol. The molecule has 6 heteroatoms. The SMILES string of the molecule is O=C(NC1CC(C(=O)O)C1)c1cc(Cl)ccc1Br. The van der Waals surface area contributed by atoms with Crippen LogP contribution in [0.3, 0.4) is 0 Å². The zero-order valence-electron chi connectivity index (χ0n) is 9.32. The molecule has 0 bridgehead atoms. The van der Waals surface area contributed by atoms with Gasteiger partial charge < -0.3 is 10.4 Å². The largest absolute Gasteiger partial charge is 0.481 e. The molecule has 0 aromatic heterocycles. The highest BCUT2D eigenvalue weighted by molar-refractivity contribution is 9.10. The summed E-state index contributed by atoms with van der Waals surface area (Å²) in [7, 11) is 0. The minimum Gasteiger partial charge on any atom is -0.481 e. The fraction of sp³-hybridized carbons (Fsp3) is 0.333. The first-order valence-electron chi connectivity index (χ1n) is 5.46. The molecule has 1 aliphatic rings. The van der Waals surface area contributed by atoms with Crippen LogP contribution in [0.15, 0.2) is 22.7 Å². The Morgan fingerprint density at radius 2 is 2.06 bits per heavy atom. The third-order valence-corrected chi connectivity index (χ3v) is 3.92. The molecule has 1 aliphatic carbocycles. The standard InChI is InChI=1S/C12H11BrClNO3/c13-10-2-1-7(14)5-9(10)11(16)15-8-3-6(4-8)12(17)18/h1-2,5-6,8H,3-4H2,(H,15,16)(H,17,18). The average Bonchev–Trinajstić information content (AvgIpc) is 2.25. The van der Waals surface area contributed by atoms with Crippen LogP contribution in [-0.4, -0.2) is 23.0 Å². The molecule has 0 heterocycles. The summed E-state index contributed by atoms with van der Waals surface area (Å²) in [6.45, 7) is 0. The lowest BCUT2D eigenvalue weighted by Crippen LogP contribution is -2.46. The van der Waals surface area contributed by atoms with Crippen molar-refractivity contribution in [1.29, 1.82) is 0 Å². The first kappa shape index (κ1) is 13.4. The summed E-state index contributed by atoms with van der Waals surface area (Å²) in [5, 5.41) is 12.0. The second kappa shape index (κ2) is 5.28. The molecule has 1 aromatic carbocycles. The molecule has 0 saturated heterocycles. The van der Waals surface area contributed by atoms with Crippen molar-refractivity contribution in [2.75, 3.05) is 0 Å². The van der Waals surface area contributed by atoms with E-state index in [2.05, 4.69) is 21.2 Å². The van der Waals surface area contributed by atoms with E-state index in [1.54, 1.807) is 18.2 Å². The van der Waals surface area contributed by atoms with Crippen molar-refractivity contribution in [3.8, 4) is 0 Å². The number of carboxylic acids is 1. The maximum absolute atomic E-state index is 12.0. The van der Waals surface area contributed by atoms with Gasteiger partial charge in [0.25, 0.3) is 5.91 Å². The van der Waals surface area contributed by atoms with Gasteiger partial charge in [0.15, 0.2) is 0 Å². The molecule has 0 radical (unpaired) electrons. The summed E-state index contributed by atoms with van der Waals surface area (Å²) in [4.78, 5) is 22.6. The van der Waals surface area contributed by atoms with Gasteiger partial charge in [0.05, 0.1) is 11.5 Å². The summed E-state index contributed by atoms with van der Waals surface area (Å²) in [5.74, 6) is -1.37. The molecule has 1 amide bonds. The third-order valence-electron chi connectivity index (χ3n) is 3.00. The monoisotopic (exact) mass is 331 g/mol. The minimum atomic E-state index is -0.801. The van der Waals surface area contributed by atoms with Crippen LogP contribution >= 0.6 is 27.5 Å². The van der Waals surface area contributed by atoms with E-state index in [1.165, 1.54) is 0 Å². The van der Waals surface area contributed by atoms with Crippen molar-refractivity contribution in [1.82, 2.24) is 5.32 Å². The molecule has 0 aliphatic heterocycles. The Morgan fingerprint density at radius 1 is 1.39 bits per heavy atom. The van der Waals surface area contributed by atoms with Gasteiger partial charge in [-0.25, -0.2) is 0 Å². The Bertz CT molecular complexity index is 500. The molecule has 2 rings (SSSR count). The van der Waals surface area contributed by atoms with Crippen molar-refractivity contribution in [3.63, 3.8) is 0 Å². The number of halogens is 2. The van der Waals surface area contributed by atoms with Crippen LogP contribution in [0.5, 0.6) is 0 Å². The van der Waals surface area contributed by atoms with Crippen molar-refractivity contribution in [2.45, 2.75) is 18.9 Å². The number of carbonyl (C=O) groups excluding carboxylic acids is 1. The first-order valence-corrected chi connectivity index (χ1v) is 6.63. The summed E-state index contributed by atoms with van der Waals surface area (Å²) in [6, 6.07) is 4.91. The van der Waals surface area contributed by atoms with E-state index in [0.717, 1.165) is 0 Å². The number of amides is 1. The second-order valence-corrected chi connectivity index (χ2v) is 5.59. The summed E-state index contributed by atoms with van der Waals surface area (Å²) >= 11 is 9.11. The fourth-order valence-corrected chi connectivity index (χ4v) is 2.47. The van der Waals surface area contributed by atoms with Crippen molar-refractivity contribution < 1.29 is 14.7 Å². The van der Waals surface area contributed by atoms with Crippen LogP contribution < -0.4 is 5.32 Å². The van der Waals surface area contributed by atoms with Crippen LogP contribution in [0.1, 0.15) is 23.2 Å². The number of rotatable bonds is 3. The molecule has 96 valence electrons. The molecule has 1 fully saturated rings. The van der Waals surface area contributed by atoms with Crippen LogP contribution in [0, 0.1) is 5.92 Å². The Balaban J connectivity index is 1.97. The lowest BCUT2D eigenvalue weighted by Gasteiger charge is -2.32. The Morgan fingerprint density at radius 3 is 2.67 bits per heavy atom. The number of benzene rings is 1. The summed E-state index contributed by atoms with van der Waals surface area (Å²) in [6.07, 6.45) is 0.971. The van der Waals surface area contributed by atoms with Gasteiger partial charge in [0, 0.05) is 15.5 Å². The molecule has 1 aromatic rings. The van der Waals surface area contributed by atoms with E-state index in [-0.39, 0.29) is 17.9 Å². The maximum Gasteiger partial charge on any atom is 0.306 e. The quantitative estimate of drug-likeness (QED) is 0.894. The van der Waals surface area contributed by atoms with E-state index in [0.29, 0.717) is 27.9 Å². The van der Waals surface area contributed by atoms with Gasteiger partial charge in [-0.15, -0.1) is 0 Å². The fourth-order valence-electron chi connectivity index (χ4n) is 1.87. The highest BCUT2D eigenvalue weighted by Gasteiger charge is 2.35. The summed E-state index contributed by atoms with van der Waals surface area (Å²) < 4.78 is 0.665. The van der Waals surface area contributed by atoms with Gasteiger partial charge in [-0.2, -0.15) is 0 Å². The molecule has 0 spiro atoms.